The summed E-state index contributed by atoms with van der Waals surface area (Å²) in [6, 6.07) is 8.96. The molecule has 2 rings (SSSR count). The van der Waals surface area contributed by atoms with Gasteiger partial charge in [-0.15, -0.1) is 11.8 Å². The Morgan fingerprint density at radius 2 is 1.37 bits per heavy atom. The van der Waals surface area contributed by atoms with Crippen LogP contribution in [-0.4, -0.2) is 88.4 Å². The van der Waals surface area contributed by atoms with E-state index in [-0.39, 0.29) is 0 Å². The van der Waals surface area contributed by atoms with Gasteiger partial charge in [0.1, 0.15) is 0 Å². The number of rotatable bonds is 16. The zero-order chi connectivity index (χ0) is 21.4. The van der Waals surface area contributed by atoms with Crippen LogP contribution in [0.4, 0.5) is 0 Å². The number of thioether (sulfide) groups is 1. The van der Waals surface area contributed by atoms with Gasteiger partial charge in [0.05, 0.1) is 33.0 Å². The first kappa shape index (κ1) is 25.6. The lowest BCUT2D eigenvalue weighted by Crippen LogP contribution is -2.46. The van der Waals surface area contributed by atoms with Crippen LogP contribution >= 0.6 is 11.8 Å². The average molecular weight is 439 g/mol. The van der Waals surface area contributed by atoms with Gasteiger partial charge in [-0.25, -0.2) is 0 Å². The van der Waals surface area contributed by atoms with Gasteiger partial charge >= 0.3 is 0 Å². The standard InChI is InChI=1S/C24H42N2O3S/c1-22(2)5-4-15-27-17-19-29-20-18-28-16-14-25-10-12-26(13-11-25)21-23-6-8-24(30-3)9-7-23/h6-9,22H,4-5,10-21H2,1-3H3. The maximum atomic E-state index is 5.73. The molecule has 1 aromatic carbocycles. The number of piperazine rings is 1. The van der Waals surface area contributed by atoms with Gasteiger partial charge in [0.2, 0.25) is 0 Å². The number of benzene rings is 1. The topological polar surface area (TPSA) is 34.2 Å². The third-order valence-corrected chi connectivity index (χ3v) is 6.14. The SMILES string of the molecule is CSc1ccc(CN2CCN(CCOCCOCCOCCCC(C)C)CC2)cc1. The van der Waals surface area contributed by atoms with E-state index in [1.807, 2.05) is 0 Å². The van der Waals surface area contributed by atoms with Crippen molar-refractivity contribution in [2.24, 2.45) is 5.92 Å². The Morgan fingerprint density at radius 1 is 0.800 bits per heavy atom. The minimum Gasteiger partial charge on any atom is -0.379 e. The zero-order valence-electron chi connectivity index (χ0n) is 19.3. The van der Waals surface area contributed by atoms with Gasteiger partial charge in [0, 0.05) is 50.8 Å². The summed E-state index contributed by atoms with van der Waals surface area (Å²) < 4.78 is 16.9. The van der Waals surface area contributed by atoms with Crippen molar-refractivity contribution in [3.05, 3.63) is 29.8 Å². The van der Waals surface area contributed by atoms with Crippen LogP contribution in [0.1, 0.15) is 32.3 Å². The fraction of sp³-hybridized carbons (Fsp3) is 0.750. The molecule has 0 amide bonds. The van der Waals surface area contributed by atoms with Crippen molar-refractivity contribution in [1.82, 2.24) is 9.80 Å². The van der Waals surface area contributed by atoms with Gasteiger partial charge in [-0.05, 0) is 42.7 Å². The molecule has 5 nitrogen and oxygen atoms in total. The van der Waals surface area contributed by atoms with E-state index in [9.17, 15) is 0 Å². The molecule has 0 bridgehead atoms. The van der Waals surface area contributed by atoms with E-state index in [4.69, 9.17) is 14.2 Å². The quantitative estimate of drug-likeness (QED) is 0.287. The fourth-order valence-corrected chi connectivity index (χ4v) is 3.90. The van der Waals surface area contributed by atoms with E-state index in [1.54, 1.807) is 11.8 Å². The fourth-order valence-electron chi connectivity index (χ4n) is 3.49. The van der Waals surface area contributed by atoms with E-state index in [0.29, 0.717) is 26.4 Å². The van der Waals surface area contributed by atoms with E-state index in [1.165, 1.54) is 16.9 Å². The third-order valence-electron chi connectivity index (χ3n) is 5.40. The Morgan fingerprint density at radius 3 is 1.97 bits per heavy atom. The largest absolute Gasteiger partial charge is 0.379 e. The predicted octanol–water partition coefficient (Wildman–Crippen LogP) is 4.01. The van der Waals surface area contributed by atoms with Crippen LogP contribution in [0.5, 0.6) is 0 Å². The number of ether oxygens (including phenoxy) is 3. The molecule has 1 aromatic rings. The van der Waals surface area contributed by atoms with Crippen LogP contribution in [0.2, 0.25) is 0 Å². The lowest BCUT2D eigenvalue weighted by atomic mass is 10.1. The molecule has 0 unspecified atom stereocenters. The molecule has 0 spiro atoms. The zero-order valence-corrected chi connectivity index (χ0v) is 20.1. The van der Waals surface area contributed by atoms with E-state index in [2.05, 4.69) is 54.2 Å². The van der Waals surface area contributed by atoms with Crippen molar-refractivity contribution < 1.29 is 14.2 Å². The minimum absolute atomic E-state index is 0.651. The highest BCUT2D eigenvalue weighted by molar-refractivity contribution is 7.98. The van der Waals surface area contributed by atoms with Crippen molar-refractivity contribution in [2.75, 3.05) is 78.6 Å². The Kier molecular flexibility index (Phi) is 13.7. The van der Waals surface area contributed by atoms with Gasteiger partial charge in [0.15, 0.2) is 0 Å². The summed E-state index contributed by atoms with van der Waals surface area (Å²) in [5.74, 6) is 0.758. The Labute approximate surface area is 188 Å². The van der Waals surface area contributed by atoms with Crippen LogP contribution in [0.25, 0.3) is 0 Å². The van der Waals surface area contributed by atoms with Gasteiger partial charge in [0.25, 0.3) is 0 Å². The second kappa shape index (κ2) is 16.1. The molecule has 172 valence electrons. The molecular weight excluding hydrogens is 396 g/mol. The molecule has 1 saturated heterocycles. The van der Waals surface area contributed by atoms with Crippen LogP contribution in [0.3, 0.4) is 0 Å². The Bertz CT molecular complexity index is 534. The first-order valence-corrected chi connectivity index (χ1v) is 12.7. The summed E-state index contributed by atoms with van der Waals surface area (Å²) in [4.78, 5) is 6.38. The summed E-state index contributed by atoms with van der Waals surface area (Å²) in [7, 11) is 0. The van der Waals surface area contributed by atoms with Gasteiger partial charge in [-0.2, -0.15) is 0 Å². The molecule has 6 heteroatoms. The lowest BCUT2D eigenvalue weighted by molar-refractivity contribution is 0.00703. The van der Waals surface area contributed by atoms with Crippen molar-refractivity contribution in [2.45, 2.75) is 38.1 Å². The molecule has 1 heterocycles. The molecule has 0 atom stereocenters. The number of nitrogens with zero attached hydrogens (tertiary/aromatic N) is 2. The molecule has 1 fully saturated rings. The highest BCUT2D eigenvalue weighted by Crippen LogP contribution is 2.16. The Hall–Kier alpha value is -0.630. The Balaban J connectivity index is 1.39. The molecule has 30 heavy (non-hydrogen) atoms. The summed E-state index contributed by atoms with van der Waals surface area (Å²) >= 11 is 1.80. The second-order valence-corrected chi connectivity index (χ2v) is 9.22. The molecule has 0 aliphatic carbocycles. The molecular formula is C24H42N2O3S. The van der Waals surface area contributed by atoms with Gasteiger partial charge < -0.3 is 14.2 Å². The van der Waals surface area contributed by atoms with Crippen LogP contribution in [0, 0.1) is 5.92 Å². The third kappa shape index (κ3) is 11.7. The van der Waals surface area contributed by atoms with E-state index < -0.39 is 0 Å². The molecule has 0 saturated carbocycles. The molecule has 0 N–H and O–H groups in total. The second-order valence-electron chi connectivity index (χ2n) is 8.34. The normalized spacial score (nSPS) is 15.9. The van der Waals surface area contributed by atoms with Crippen LogP contribution in [0.15, 0.2) is 29.2 Å². The molecule has 1 aliphatic rings. The highest BCUT2D eigenvalue weighted by atomic mass is 32.2. The van der Waals surface area contributed by atoms with Crippen LogP contribution < -0.4 is 0 Å². The monoisotopic (exact) mass is 438 g/mol. The van der Waals surface area contributed by atoms with E-state index in [0.717, 1.165) is 64.8 Å². The number of hydrogen-bond acceptors (Lipinski definition) is 6. The van der Waals surface area contributed by atoms with E-state index >= 15 is 0 Å². The molecule has 0 radical (unpaired) electrons. The summed E-state index contributed by atoms with van der Waals surface area (Å²) in [6.07, 6.45) is 4.49. The first-order chi connectivity index (χ1) is 14.7. The minimum atomic E-state index is 0.651. The number of hydrogen-bond donors (Lipinski definition) is 0. The first-order valence-electron chi connectivity index (χ1n) is 11.5. The van der Waals surface area contributed by atoms with Crippen molar-refractivity contribution in [3.63, 3.8) is 0 Å². The van der Waals surface area contributed by atoms with Crippen LogP contribution in [-0.2, 0) is 20.8 Å². The summed E-state index contributed by atoms with van der Waals surface area (Å²) in [5, 5.41) is 0. The predicted molar refractivity (Wildman–Crippen MR) is 126 cm³/mol. The van der Waals surface area contributed by atoms with Crippen molar-refractivity contribution >= 4 is 11.8 Å². The molecule has 0 aromatic heterocycles. The van der Waals surface area contributed by atoms with Crippen molar-refractivity contribution in [3.8, 4) is 0 Å². The molecule has 1 aliphatic heterocycles. The lowest BCUT2D eigenvalue weighted by Gasteiger charge is -2.34. The maximum Gasteiger partial charge on any atom is 0.0701 e. The summed E-state index contributed by atoms with van der Waals surface area (Å²) in [5.41, 5.74) is 1.41. The highest BCUT2D eigenvalue weighted by Gasteiger charge is 2.16. The van der Waals surface area contributed by atoms with Gasteiger partial charge in [-0.1, -0.05) is 26.0 Å². The van der Waals surface area contributed by atoms with Gasteiger partial charge in [-0.3, -0.25) is 9.80 Å². The van der Waals surface area contributed by atoms with Crippen molar-refractivity contribution in [1.29, 1.82) is 0 Å². The smallest absolute Gasteiger partial charge is 0.0701 e. The average Bonchev–Trinajstić information content (AvgIpc) is 2.76. The maximum absolute atomic E-state index is 5.73. The summed E-state index contributed by atoms with van der Waals surface area (Å²) in [6.45, 7) is 15.3.